The molecule has 0 N–H and O–H groups in total. The Balaban J connectivity index is 2.88. The lowest BCUT2D eigenvalue weighted by Gasteiger charge is -2.03. The van der Waals surface area contributed by atoms with Gasteiger partial charge in [0, 0.05) is 6.61 Å². The van der Waals surface area contributed by atoms with Gasteiger partial charge in [-0.2, -0.15) is 0 Å². The summed E-state index contributed by atoms with van der Waals surface area (Å²) in [6, 6.07) is 1.29. The highest BCUT2D eigenvalue weighted by atomic mass is 28.2. The van der Waals surface area contributed by atoms with Crippen molar-refractivity contribution in [2.45, 2.75) is 103 Å². The van der Waals surface area contributed by atoms with Crippen LogP contribution in [-0.4, -0.2) is 16.4 Å². The van der Waals surface area contributed by atoms with Crippen molar-refractivity contribution in [3.8, 4) is 0 Å². The van der Waals surface area contributed by atoms with Crippen molar-refractivity contribution in [3.63, 3.8) is 0 Å². The molecule has 2 radical (unpaired) electrons. The lowest BCUT2D eigenvalue weighted by atomic mass is 10.1. The molecule has 0 aromatic rings. The van der Waals surface area contributed by atoms with Crippen molar-refractivity contribution in [1.82, 2.24) is 0 Å². The molecule has 19 heavy (non-hydrogen) atoms. The molecule has 1 nitrogen and oxygen atoms in total. The largest absolute Gasteiger partial charge is 0.417 e. The summed E-state index contributed by atoms with van der Waals surface area (Å²) in [6.45, 7) is 5.55. The van der Waals surface area contributed by atoms with Crippen LogP contribution in [0.2, 0.25) is 6.04 Å². The Morgan fingerprint density at radius 1 is 0.579 bits per heavy atom. The van der Waals surface area contributed by atoms with Crippen LogP contribution in [0.5, 0.6) is 0 Å². The summed E-state index contributed by atoms with van der Waals surface area (Å²) in [5, 5.41) is 0. The Hall–Kier alpha value is 0.177. The summed E-state index contributed by atoms with van der Waals surface area (Å²) in [4.78, 5) is 0. The van der Waals surface area contributed by atoms with Gasteiger partial charge in [0.1, 0.15) is 0 Å². The average Bonchev–Trinajstić information content (AvgIpc) is 2.43. The standard InChI is InChI=1S/C17H36OSi/c1-3-5-7-9-10-11-12-13-14-16-18-19-17-15-8-6-4-2/h3-17H2,1-2H3. The Bertz CT molecular complexity index is 134. The van der Waals surface area contributed by atoms with Crippen molar-refractivity contribution in [3.05, 3.63) is 0 Å². The van der Waals surface area contributed by atoms with Crippen LogP contribution in [-0.2, 0) is 4.43 Å². The zero-order valence-corrected chi connectivity index (χ0v) is 14.5. The Labute approximate surface area is 124 Å². The fourth-order valence-electron chi connectivity index (χ4n) is 2.25. The van der Waals surface area contributed by atoms with E-state index in [2.05, 4.69) is 13.8 Å². The average molecular weight is 285 g/mol. The van der Waals surface area contributed by atoms with Crippen LogP contribution >= 0.6 is 0 Å². The fraction of sp³-hybridized carbons (Fsp3) is 1.00. The first-order valence-corrected chi connectivity index (χ1v) is 9.88. The van der Waals surface area contributed by atoms with Crippen LogP contribution < -0.4 is 0 Å². The highest BCUT2D eigenvalue weighted by molar-refractivity contribution is 6.26. The van der Waals surface area contributed by atoms with E-state index in [4.69, 9.17) is 4.43 Å². The predicted octanol–water partition coefficient (Wildman–Crippen LogP) is 6.15. The monoisotopic (exact) mass is 284 g/mol. The van der Waals surface area contributed by atoms with Gasteiger partial charge in [-0.3, -0.25) is 0 Å². The summed E-state index contributed by atoms with van der Waals surface area (Å²) < 4.78 is 5.70. The maximum atomic E-state index is 5.70. The van der Waals surface area contributed by atoms with Gasteiger partial charge in [0.25, 0.3) is 0 Å². The normalized spacial score (nSPS) is 11.1. The third-order valence-corrected chi connectivity index (χ3v) is 4.55. The van der Waals surface area contributed by atoms with Gasteiger partial charge in [-0.25, -0.2) is 0 Å². The van der Waals surface area contributed by atoms with Crippen LogP contribution in [0.15, 0.2) is 0 Å². The Morgan fingerprint density at radius 3 is 1.63 bits per heavy atom. The second-order valence-electron chi connectivity index (χ2n) is 5.63. The highest BCUT2D eigenvalue weighted by Crippen LogP contribution is 2.09. The molecule has 0 aromatic heterocycles. The molecule has 0 aromatic carbocycles. The molecule has 0 spiro atoms. The minimum Gasteiger partial charge on any atom is -0.417 e. The summed E-state index contributed by atoms with van der Waals surface area (Å²) in [5.74, 6) is 0. The summed E-state index contributed by atoms with van der Waals surface area (Å²) in [6.07, 6.45) is 18.1. The van der Waals surface area contributed by atoms with Gasteiger partial charge in [0.05, 0.1) is 0 Å². The molecule has 0 rings (SSSR count). The molecule has 0 saturated carbocycles. The molecule has 114 valence electrons. The van der Waals surface area contributed by atoms with E-state index in [0.717, 1.165) is 16.4 Å². The van der Waals surface area contributed by atoms with Gasteiger partial charge >= 0.3 is 0 Å². The summed E-state index contributed by atoms with van der Waals surface area (Å²) in [7, 11) is 0.755. The highest BCUT2D eigenvalue weighted by Gasteiger charge is 1.94. The smallest absolute Gasteiger partial charge is 0.229 e. The molecule has 0 bridgehead atoms. The van der Waals surface area contributed by atoms with Gasteiger partial charge in [-0.1, -0.05) is 90.9 Å². The van der Waals surface area contributed by atoms with Gasteiger partial charge in [-0.05, 0) is 12.5 Å². The molecule has 0 aliphatic carbocycles. The Kier molecular flexibility index (Phi) is 18.3. The van der Waals surface area contributed by atoms with Crippen molar-refractivity contribution >= 4 is 9.76 Å². The van der Waals surface area contributed by atoms with Crippen LogP contribution in [0.25, 0.3) is 0 Å². The van der Waals surface area contributed by atoms with Crippen molar-refractivity contribution in [1.29, 1.82) is 0 Å². The number of unbranched alkanes of at least 4 members (excludes halogenated alkanes) is 11. The van der Waals surface area contributed by atoms with Gasteiger partial charge in [-0.15, -0.1) is 0 Å². The molecule has 0 aliphatic heterocycles. The molecule has 0 atom stereocenters. The van der Waals surface area contributed by atoms with Crippen molar-refractivity contribution in [2.75, 3.05) is 6.61 Å². The van der Waals surface area contributed by atoms with Gasteiger partial charge in [0.15, 0.2) is 0 Å². The number of hydrogen-bond donors (Lipinski definition) is 0. The minimum absolute atomic E-state index is 0.755. The first-order chi connectivity index (χ1) is 9.41. The number of hydrogen-bond acceptors (Lipinski definition) is 1. The first-order valence-electron chi connectivity index (χ1n) is 8.76. The zero-order valence-electron chi connectivity index (χ0n) is 13.5. The second-order valence-corrected chi connectivity index (χ2v) is 6.71. The second kappa shape index (κ2) is 18.2. The van der Waals surface area contributed by atoms with Gasteiger partial charge in [0.2, 0.25) is 9.76 Å². The maximum Gasteiger partial charge on any atom is 0.229 e. The van der Waals surface area contributed by atoms with E-state index in [1.54, 1.807) is 0 Å². The number of rotatable bonds is 16. The van der Waals surface area contributed by atoms with Crippen LogP contribution in [0.4, 0.5) is 0 Å². The van der Waals surface area contributed by atoms with E-state index in [1.807, 2.05) is 0 Å². The molecule has 0 aliphatic rings. The minimum atomic E-state index is 0.755. The van der Waals surface area contributed by atoms with Gasteiger partial charge < -0.3 is 4.43 Å². The van der Waals surface area contributed by atoms with E-state index in [-0.39, 0.29) is 0 Å². The molecular weight excluding hydrogens is 248 g/mol. The predicted molar refractivity (Wildman–Crippen MR) is 87.9 cm³/mol. The van der Waals surface area contributed by atoms with E-state index in [1.165, 1.54) is 89.5 Å². The molecule has 0 saturated heterocycles. The maximum absolute atomic E-state index is 5.70. The van der Waals surface area contributed by atoms with E-state index in [0.29, 0.717) is 0 Å². The summed E-state index contributed by atoms with van der Waals surface area (Å²) in [5.41, 5.74) is 0. The third kappa shape index (κ3) is 18.2. The zero-order chi connectivity index (χ0) is 14.0. The lowest BCUT2D eigenvalue weighted by Crippen LogP contribution is -2.00. The topological polar surface area (TPSA) is 9.23 Å². The first kappa shape index (κ1) is 19.2. The van der Waals surface area contributed by atoms with Crippen molar-refractivity contribution < 1.29 is 4.43 Å². The molecule has 0 amide bonds. The van der Waals surface area contributed by atoms with Crippen LogP contribution in [0, 0.1) is 0 Å². The summed E-state index contributed by atoms with van der Waals surface area (Å²) >= 11 is 0. The molecule has 2 heteroatoms. The van der Waals surface area contributed by atoms with E-state index in [9.17, 15) is 0 Å². The molecule has 0 heterocycles. The van der Waals surface area contributed by atoms with Crippen LogP contribution in [0.1, 0.15) is 97.3 Å². The molecule has 0 unspecified atom stereocenters. The third-order valence-electron chi connectivity index (χ3n) is 3.58. The van der Waals surface area contributed by atoms with E-state index < -0.39 is 0 Å². The lowest BCUT2D eigenvalue weighted by molar-refractivity contribution is 0.319. The molecular formula is C17H36OSi. The fourth-order valence-corrected chi connectivity index (χ4v) is 3.08. The van der Waals surface area contributed by atoms with Crippen molar-refractivity contribution in [2.24, 2.45) is 0 Å². The molecule has 0 fully saturated rings. The van der Waals surface area contributed by atoms with Crippen LogP contribution in [0.3, 0.4) is 0 Å². The van der Waals surface area contributed by atoms with E-state index >= 15 is 0 Å². The SMILES string of the molecule is CCCCCCCCCCCO[Si]CCCCCC. The quantitative estimate of drug-likeness (QED) is 0.244. The Morgan fingerprint density at radius 2 is 1.05 bits per heavy atom.